The second-order valence-corrected chi connectivity index (χ2v) is 5.18. The molecule has 0 heterocycles. The average Bonchev–Trinajstić information content (AvgIpc) is 2.39. The van der Waals surface area contributed by atoms with E-state index in [0.717, 1.165) is 16.9 Å². The number of halogens is 1. The summed E-state index contributed by atoms with van der Waals surface area (Å²) in [7, 11) is 0. The summed E-state index contributed by atoms with van der Waals surface area (Å²) in [5, 5.41) is 0. The summed E-state index contributed by atoms with van der Waals surface area (Å²) in [6.07, 6.45) is 0.582. The molecule has 3 heteroatoms. The molecule has 0 bridgehead atoms. The number of hydrogen-bond acceptors (Lipinski definition) is 2. The van der Waals surface area contributed by atoms with Gasteiger partial charge in [0, 0.05) is 5.54 Å². The highest BCUT2D eigenvalue weighted by atomic mass is 19.1. The second kappa shape index (κ2) is 6.06. The largest absolute Gasteiger partial charge is 0.494 e. The minimum atomic E-state index is -0.543. The van der Waals surface area contributed by atoms with Gasteiger partial charge in [0.1, 0.15) is 11.6 Å². The van der Waals surface area contributed by atoms with Gasteiger partial charge in [-0.15, -0.1) is 0 Å². The number of benzene rings is 2. The smallest absolute Gasteiger partial charge is 0.123 e. The molecule has 0 aliphatic carbocycles. The molecule has 0 saturated carbocycles. The van der Waals surface area contributed by atoms with E-state index in [1.54, 1.807) is 6.07 Å². The third-order valence-electron chi connectivity index (χ3n) is 3.29. The summed E-state index contributed by atoms with van der Waals surface area (Å²) in [5.41, 5.74) is 7.74. The minimum absolute atomic E-state index is 0.231. The first-order valence-electron chi connectivity index (χ1n) is 6.78. The van der Waals surface area contributed by atoms with Crippen molar-refractivity contribution < 1.29 is 9.13 Å². The van der Waals surface area contributed by atoms with Gasteiger partial charge in [-0.05, 0) is 55.7 Å². The summed E-state index contributed by atoms with van der Waals surface area (Å²) in [6, 6.07) is 14.3. The Kier molecular flexibility index (Phi) is 4.40. The Bertz CT molecular complexity index is 563. The standard InChI is InChI=1S/C17H20FNO/c1-3-20-16-9-7-14(8-10-16)17(2,19)12-13-5-4-6-15(18)11-13/h4-11H,3,12,19H2,1-2H3. The zero-order valence-electron chi connectivity index (χ0n) is 11.9. The van der Waals surface area contributed by atoms with Crippen molar-refractivity contribution in [1.29, 1.82) is 0 Å². The average molecular weight is 273 g/mol. The van der Waals surface area contributed by atoms with Crippen LogP contribution in [0.5, 0.6) is 5.75 Å². The van der Waals surface area contributed by atoms with Gasteiger partial charge in [0.15, 0.2) is 0 Å². The fourth-order valence-corrected chi connectivity index (χ4v) is 2.27. The number of ether oxygens (including phenoxy) is 1. The van der Waals surface area contributed by atoms with Gasteiger partial charge in [-0.2, -0.15) is 0 Å². The van der Waals surface area contributed by atoms with Crippen molar-refractivity contribution in [3.63, 3.8) is 0 Å². The van der Waals surface area contributed by atoms with Crippen molar-refractivity contribution in [2.45, 2.75) is 25.8 Å². The Morgan fingerprint density at radius 1 is 1.15 bits per heavy atom. The topological polar surface area (TPSA) is 35.2 Å². The van der Waals surface area contributed by atoms with E-state index in [2.05, 4.69) is 0 Å². The minimum Gasteiger partial charge on any atom is -0.494 e. The summed E-state index contributed by atoms with van der Waals surface area (Å²) in [4.78, 5) is 0. The van der Waals surface area contributed by atoms with Crippen LogP contribution in [0.15, 0.2) is 48.5 Å². The molecule has 0 radical (unpaired) electrons. The van der Waals surface area contributed by atoms with E-state index in [1.807, 2.05) is 44.2 Å². The molecule has 0 aliphatic heterocycles. The van der Waals surface area contributed by atoms with E-state index >= 15 is 0 Å². The first-order chi connectivity index (χ1) is 9.51. The van der Waals surface area contributed by atoms with Crippen molar-refractivity contribution in [2.24, 2.45) is 5.73 Å². The van der Waals surface area contributed by atoms with Crippen LogP contribution in [0.1, 0.15) is 25.0 Å². The van der Waals surface area contributed by atoms with Crippen LogP contribution in [0.3, 0.4) is 0 Å². The monoisotopic (exact) mass is 273 g/mol. The maximum atomic E-state index is 13.2. The van der Waals surface area contributed by atoms with Gasteiger partial charge in [0.05, 0.1) is 6.61 Å². The van der Waals surface area contributed by atoms with Crippen LogP contribution in [-0.2, 0) is 12.0 Å². The third kappa shape index (κ3) is 3.58. The predicted octanol–water partition coefficient (Wildman–Crippen LogP) is 3.64. The summed E-state index contributed by atoms with van der Waals surface area (Å²) < 4.78 is 18.6. The van der Waals surface area contributed by atoms with Gasteiger partial charge in [0.25, 0.3) is 0 Å². The zero-order valence-corrected chi connectivity index (χ0v) is 11.9. The second-order valence-electron chi connectivity index (χ2n) is 5.18. The molecule has 2 aromatic carbocycles. The molecule has 106 valence electrons. The highest BCUT2D eigenvalue weighted by Crippen LogP contribution is 2.25. The maximum Gasteiger partial charge on any atom is 0.123 e. The van der Waals surface area contributed by atoms with E-state index in [-0.39, 0.29) is 5.82 Å². The summed E-state index contributed by atoms with van der Waals surface area (Å²) >= 11 is 0. The molecule has 2 rings (SSSR count). The molecule has 0 amide bonds. The first kappa shape index (κ1) is 14.5. The molecular formula is C17H20FNO. The molecule has 2 nitrogen and oxygen atoms in total. The zero-order chi connectivity index (χ0) is 14.6. The van der Waals surface area contributed by atoms with Crippen LogP contribution in [0.2, 0.25) is 0 Å². The Hall–Kier alpha value is -1.87. The molecule has 0 spiro atoms. The summed E-state index contributed by atoms with van der Waals surface area (Å²) in [5.74, 6) is 0.600. The van der Waals surface area contributed by atoms with E-state index in [4.69, 9.17) is 10.5 Å². The molecular weight excluding hydrogens is 253 g/mol. The predicted molar refractivity (Wildman–Crippen MR) is 79.3 cm³/mol. The fraction of sp³-hybridized carbons (Fsp3) is 0.294. The maximum absolute atomic E-state index is 13.2. The lowest BCUT2D eigenvalue weighted by Gasteiger charge is -2.25. The van der Waals surface area contributed by atoms with Crippen molar-refractivity contribution in [2.75, 3.05) is 6.61 Å². The van der Waals surface area contributed by atoms with Crippen LogP contribution in [0.25, 0.3) is 0 Å². The highest BCUT2D eigenvalue weighted by molar-refractivity contribution is 5.33. The Morgan fingerprint density at radius 2 is 1.85 bits per heavy atom. The van der Waals surface area contributed by atoms with Crippen LogP contribution < -0.4 is 10.5 Å². The van der Waals surface area contributed by atoms with Gasteiger partial charge in [-0.1, -0.05) is 24.3 Å². The molecule has 2 aromatic rings. The Labute approximate surface area is 119 Å². The van der Waals surface area contributed by atoms with E-state index in [9.17, 15) is 4.39 Å². The SMILES string of the molecule is CCOc1ccc(C(C)(N)Cc2cccc(F)c2)cc1. The highest BCUT2D eigenvalue weighted by Gasteiger charge is 2.21. The van der Waals surface area contributed by atoms with Gasteiger partial charge in [-0.3, -0.25) is 0 Å². The number of nitrogens with two attached hydrogens (primary N) is 1. The van der Waals surface area contributed by atoms with Crippen LogP contribution in [0.4, 0.5) is 4.39 Å². The molecule has 2 N–H and O–H groups in total. The molecule has 0 aromatic heterocycles. The lowest BCUT2D eigenvalue weighted by molar-refractivity contribution is 0.340. The normalized spacial score (nSPS) is 13.8. The van der Waals surface area contributed by atoms with Crippen molar-refractivity contribution in [3.8, 4) is 5.75 Å². The van der Waals surface area contributed by atoms with E-state index < -0.39 is 5.54 Å². The Morgan fingerprint density at radius 3 is 2.45 bits per heavy atom. The molecule has 1 unspecified atom stereocenters. The lowest BCUT2D eigenvalue weighted by Crippen LogP contribution is -2.35. The third-order valence-corrected chi connectivity index (χ3v) is 3.29. The fourth-order valence-electron chi connectivity index (χ4n) is 2.27. The number of rotatable bonds is 5. The first-order valence-corrected chi connectivity index (χ1v) is 6.78. The van der Waals surface area contributed by atoms with E-state index in [0.29, 0.717) is 13.0 Å². The van der Waals surface area contributed by atoms with Gasteiger partial charge < -0.3 is 10.5 Å². The van der Waals surface area contributed by atoms with Gasteiger partial charge in [0.2, 0.25) is 0 Å². The Balaban J connectivity index is 2.16. The van der Waals surface area contributed by atoms with Gasteiger partial charge in [-0.25, -0.2) is 4.39 Å². The molecule has 0 aliphatic rings. The quantitative estimate of drug-likeness (QED) is 0.902. The van der Waals surface area contributed by atoms with Crippen molar-refractivity contribution in [3.05, 3.63) is 65.5 Å². The number of hydrogen-bond donors (Lipinski definition) is 1. The van der Waals surface area contributed by atoms with Crippen LogP contribution in [-0.4, -0.2) is 6.61 Å². The van der Waals surface area contributed by atoms with Crippen LogP contribution >= 0.6 is 0 Å². The summed E-state index contributed by atoms with van der Waals surface area (Å²) in [6.45, 7) is 4.54. The van der Waals surface area contributed by atoms with Gasteiger partial charge >= 0.3 is 0 Å². The van der Waals surface area contributed by atoms with Crippen molar-refractivity contribution >= 4 is 0 Å². The molecule has 0 fully saturated rings. The van der Waals surface area contributed by atoms with Crippen LogP contribution in [0, 0.1) is 5.82 Å². The van der Waals surface area contributed by atoms with E-state index in [1.165, 1.54) is 12.1 Å². The molecule has 0 saturated heterocycles. The molecule has 1 atom stereocenters. The molecule has 20 heavy (non-hydrogen) atoms. The van der Waals surface area contributed by atoms with Crippen molar-refractivity contribution in [1.82, 2.24) is 0 Å². The lowest BCUT2D eigenvalue weighted by atomic mass is 9.86.